The number of fused-ring (bicyclic) bond motifs is 2. The third kappa shape index (κ3) is 4.72. The molecule has 0 heterocycles. The van der Waals surface area contributed by atoms with Gasteiger partial charge < -0.3 is 9.47 Å². The van der Waals surface area contributed by atoms with Crippen molar-refractivity contribution < 1.29 is 14.3 Å². The largest absolute Gasteiger partial charge is 0.497 e. The average molecular weight is 481 g/mol. The van der Waals surface area contributed by atoms with Crippen LogP contribution in [0.3, 0.4) is 0 Å². The molecule has 5 rings (SSSR count). The molecular formula is C33H36O3. The molecule has 0 aliphatic heterocycles. The van der Waals surface area contributed by atoms with E-state index in [1.54, 1.807) is 7.11 Å². The zero-order valence-electron chi connectivity index (χ0n) is 21.8. The van der Waals surface area contributed by atoms with Crippen LogP contribution < -0.4 is 4.74 Å². The van der Waals surface area contributed by atoms with Crippen molar-refractivity contribution in [2.75, 3.05) is 7.11 Å². The van der Waals surface area contributed by atoms with E-state index in [0.29, 0.717) is 0 Å². The number of esters is 1. The zero-order valence-corrected chi connectivity index (χ0v) is 21.8. The van der Waals surface area contributed by atoms with Crippen molar-refractivity contribution >= 4 is 27.5 Å². The van der Waals surface area contributed by atoms with E-state index in [9.17, 15) is 4.79 Å². The lowest BCUT2D eigenvalue weighted by Gasteiger charge is -2.42. The highest BCUT2D eigenvalue weighted by Gasteiger charge is 2.41. The Bertz CT molecular complexity index is 1390. The highest BCUT2D eigenvalue weighted by molar-refractivity contribution is 5.87. The third-order valence-electron chi connectivity index (χ3n) is 8.32. The summed E-state index contributed by atoms with van der Waals surface area (Å²) in [5, 5.41) is 4.71. The lowest BCUT2D eigenvalue weighted by atomic mass is 9.66. The first-order chi connectivity index (χ1) is 17.4. The number of rotatable bonds is 6. The lowest BCUT2D eigenvalue weighted by molar-refractivity contribution is -0.156. The van der Waals surface area contributed by atoms with Gasteiger partial charge in [0, 0.05) is 5.92 Å². The predicted octanol–water partition coefficient (Wildman–Crippen LogP) is 8.18. The molecule has 0 unspecified atom stereocenters. The van der Waals surface area contributed by atoms with Crippen LogP contribution in [0.1, 0.15) is 63.5 Å². The predicted molar refractivity (Wildman–Crippen MR) is 148 cm³/mol. The molecule has 0 N–H and O–H groups in total. The van der Waals surface area contributed by atoms with Gasteiger partial charge in [-0.3, -0.25) is 4.79 Å². The highest BCUT2D eigenvalue weighted by Crippen LogP contribution is 2.43. The molecule has 1 saturated carbocycles. The van der Waals surface area contributed by atoms with Gasteiger partial charge in [-0.25, -0.2) is 0 Å². The van der Waals surface area contributed by atoms with Gasteiger partial charge in [0.05, 0.1) is 13.0 Å². The van der Waals surface area contributed by atoms with Gasteiger partial charge in [0.15, 0.2) is 0 Å². The monoisotopic (exact) mass is 480 g/mol. The summed E-state index contributed by atoms with van der Waals surface area (Å²) in [6.45, 7) is 6.59. The molecule has 3 nitrogen and oxygen atoms in total. The van der Waals surface area contributed by atoms with Crippen molar-refractivity contribution in [1.29, 1.82) is 0 Å². The van der Waals surface area contributed by atoms with Gasteiger partial charge in [0.25, 0.3) is 0 Å². The molecule has 36 heavy (non-hydrogen) atoms. The summed E-state index contributed by atoms with van der Waals surface area (Å²) in [6, 6.07) is 27.5. The maximum Gasteiger partial charge on any atom is 0.313 e. The van der Waals surface area contributed by atoms with Crippen molar-refractivity contribution in [2.45, 2.75) is 63.9 Å². The molecule has 0 amide bonds. The Kier molecular flexibility index (Phi) is 6.75. The number of benzene rings is 4. The minimum atomic E-state index is -0.317. The van der Waals surface area contributed by atoms with Crippen LogP contribution >= 0.6 is 0 Å². The molecule has 4 aromatic rings. The summed E-state index contributed by atoms with van der Waals surface area (Å²) in [5.41, 5.74) is 2.20. The molecule has 1 aliphatic rings. The highest BCUT2D eigenvalue weighted by atomic mass is 16.5. The van der Waals surface area contributed by atoms with E-state index in [4.69, 9.17) is 9.47 Å². The normalized spacial score (nSPS) is 19.2. The van der Waals surface area contributed by atoms with E-state index in [0.717, 1.165) is 41.3 Å². The number of hydrogen-bond donors (Lipinski definition) is 0. The SMILES string of the molecule is COc1ccc2cc([C@H](C)C(=O)O[C@H]3CCCC[C@@H]3C(C)(C)c3ccc4ccccc4c3)ccc2c1. The fraction of sp³-hybridized carbons (Fsp3) is 0.364. The average Bonchev–Trinajstić information content (AvgIpc) is 2.91. The van der Waals surface area contributed by atoms with Gasteiger partial charge in [0.1, 0.15) is 11.9 Å². The van der Waals surface area contributed by atoms with Crippen LogP contribution in [0.5, 0.6) is 5.75 Å². The molecule has 1 aliphatic carbocycles. The summed E-state index contributed by atoms with van der Waals surface area (Å²) in [4.78, 5) is 13.4. The third-order valence-corrected chi connectivity index (χ3v) is 8.32. The molecule has 4 aromatic carbocycles. The molecule has 3 heteroatoms. The van der Waals surface area contributed by atoms with E-state index in [-0.39, 0.29) is 29.3 Å². The lowest BCUT2D eigenvalue weighted by Crippen LogP contribution is -2.42. The van der Waals surface area contributed by atoms with Crippen LogP contribution in [-0.4, -0.2) is 19.2 Å². The summed E-state index contributed by atoms with van der Waals surface area (Å²) in [7, 11) is 1.67. The van der Waals surface area contributed by atoms with Crippen LogP contribution in [0.4, 0.5) is 0 Å². The molecule has 0 bridgehead atoms. The van der Waals surface area contributed by atoms with Crippen molar-refractivity contribution in [3.05, 3.63) is 90.0 Å². The quantitative estimate of drug-likeness (QED) is 0.261. The van der Waals surface area contributed by atoms with E-state index < -0.39 is 0 Å². The van der Waals surface area contributed by atoms with Crippen LogP contribution in [0, 0.1) is 5.92 Å². The Morgan fingerprint density at radius 1 is 0.833 bits per heavy atom. The first kappa shape index (κ1) is 24.4. The number of hydrogen-bond acceptors (Lipinski definition) is 3. The Morgan fingerprint density at radius 3 is 2.31 bits per heavy atom. The van der Waals surface area contributed by atoms with Crippen molar-refractivity contribution in [1.82, 2.24) is 0 Å². The fourth-order valence-corrected chi connectivity index (χ4v) is 5.89. The Hall–Kier alpha value is -3.33. The summed E-state index contributed by atoms with van der Waals surface area (Å²) in [6.07, 6.45) is 4.22. The number of carbonyl (C=O) groups is 1. The molecule has 186 valence electrons. The zero-order chi connectivity index (χ0) is 25.3. The topological polar surface area (TPSA) is 35.5 Å². The maximum absolute atomic E-state index is 13.4. The summed E-state index contributed by atoms with van der Waals surface area (Å²) in [5.74, 6) is 0.671. The van der Waals surface area contributed by atoms with Crippen molar-refractivity contribution in [3.8, 4) is 5.75 Å². The van der Waals surface area contributed by atoms with E-state index in [1.165, 1.54) is 22.8 Å². The number of carbonyl (C=O) groups excluding carboxylic acids is 1. The van der Waals surface area contributed by atoms with E-state index >= 15 is 0 Å². The van der Waals surface area contributed by atoms with Gasteiger partial charge in [-0.2, -0.15) is 0 Å². The minimum Gasteiger partial charge on any atom is -0.497 e. The molecular weight excluding hydrogens is 444 g/mol. The summed E-state index contributed by atoms with van der Waals surface area (Å²) >= 11 is 0. The minimum absolute atomic E-state index is 0.0695. The molecule has 1 fully saturated rings. The van der Waals surface area contributed by atoms with Crippen LogP contribution in [0.15, 0.2) is 78.9 Å². The second-order valence-electron chi connectivity index (χ2n) is 10.8. The van der Waals surface area contributed by atoms with Crippen molar-refractivity contribution in [2.24, 2.45) is 5.92 Å². The summed E-state index contributed by atoms with van der Waals surface area (Å²) < 4.78 is 11.6. The second kappa shape index (κ2) is 9.97. The standard InChI is InChI=1S/C33H36O3/c1-22(24-13-14-27-21-29(35-4)18-16-26(27)19-24)32(34)36-31-12-8-7-11-30(31)33(2,3)28-17-15-23-9-5-6-10-25(23)20-28/h5-6,9-10,13-22,30-31H,7-8,11-12H2,1-4H3/t22-,30-,31-/m0/s1. The second-order valence-corrected chi connectivity index (χ2v) is 10.8. The Morgan fingerprint density at radius 2 is 1.50 bits per heavy atom. The van der Waals surface area contributed by atoms with Gasteiger partial charge in [-0.15, -0.1) is 0 Å². The fourth-order valence-electron chi connectivity index (χ4n) is 5.89. The van der Waals surface area contributed by atoms with E-state index in [1.807, 2.05) is 31.2 Å². The Labute approximate surface area is 214 Å². The number of ether oxygens (including phenoxy) is 2. The van der Waals surface area contributed by atoms with Gasteiger partial charge in [-0.05, 0) is 76.4 Å². The van der Waals surface area contributed by atoms with Crippen LogP contribution in [0.25, 0.3) is 21.5 Å². The number of methoxy groups -OCH3 is 1. The van der Waals surface area contributed by atoms with Gasteiger partial charge >= 0.3 is 5.97 Å². The smallest absolute Gasteiger partial charge is 0.313 e. The molecule has 0 radical (unpaired) electrons. The molecule has 0 saturated heterocycles. The van der Waals surface area contributed by atoms with Crippen LogP contribution in [0.2, 0.25) is 0 Å². The van der Waals surface area contributed by atoms with Gasteiger partial charge in [0.2, 0.25) is 0 Å². The van der Waals surface area contributed by atoms with Crippen molar-refractivity contribution in [3.63, 3.8) is 0 Å². The molecule has 0 aromatic heterocycles. The first-order valence-electron chi connectivity index (χ1n) is 13.1. The van der Waals surface area contributed by atoms with E-state index in [2.05, 4.69) is 68.4 Å². The maximum atomic E-state index is 13.4. The van der Waals surface area contributed by atoms with Crippen LogP contribution in [-0.2, 0) is 14.9 Å². The van der Waals surface area contributed by atoms with Gasteiger partial charge in [-0.1, -0.05) is 87.0 Å². The Balaban J connectivity index is 1.36. The molecule has 3 atom stereocenters. The molecule has 0 spiro atoms. The first-order valence-corrected chi connectivity index (χ1v) is 13.1.